The quantitative estimate of drug-likeness (QED) is 0.887. The Hall–Kier alpha value is -1.79. The molecule has 2 aliphatic heterocycles. The van der Waals surface area contributed by atoms with Gasteiger partial charge in [0.1, 0.15) is 0 Å². The van der Waals surface area contributed by atoms with E-state index in [0.29, 0.717) is 0 Å². The maximum Gasteiger partial charge on any atom is 0.214 e. The van der Waals surface area contributed by atoms with E-state index < -0.39 is 0 Å². The third-order valence-electron chi connectivity index (χ3n) is 5.28. The van der Waals surface area contributed by atoms with Crippen LogP contribution in [0.5, 0.6) is 0 Å². The molecule has 0 radical (unpaired) electrons. The van der Waals surface area contributed by atoms with Gasteiger partial charge in [0.2, 0.25) is 5.82 Å². The molecule has 24 heavy (non-hydrogen) atoms. The molecule has 6 nitrogen and oxygen atoms in total. The van der Waals surface area contributed by atoms with Crippen LogP contribution in [0.4, 0.5) is 0 Å². The number of likely N-dealkylation sites (tertiary alicyclic amines) is 1. The second-order valence-electron chi connectivity index (χ2n) is 7.06. The first-order chi connectivity index (χ1) is 11.8. The maximum atomic E-state index is 5.78. The highest BCUT2D eigenvalue weighted by molar-refractivity contribution is 5.26. The van der Waals surface area contributed by atoms with Gasteiger partial charge in [-0.3, -0.25) is 0 Å². The van der Waals surface area contributed by atoms with Crippen molar-refractivity contribution >= 4 is 0 Å². The Balaban J connectivity index is 1.65. The van der Waals surface area contributed by atoms with Crippen molar-refractivity contribution in [1.82, 2.24) is 20.2 Å². The summed E-state index contributed by atoms with van der Waals surface area (Å²) in [6.07, 6.45) is 5.06. The predicted octanol–water partition coefficient (Wildman–Crippen LogP) is 0.929. The molecule has 2 fully saturated rings. The van der Waals surface area contributed by atoms with E-state index in [0.717, 1.165) is 31.8 Å². The molecule has 0 bridgehead atoms. The van der Waals surface area contributed by atoms with Crippen molar-refractivity contribution in [2.45, 2.75) is 51.3 Å². The number of hydrogen-bond donors (Lipinski definition) is 1. The average Bonchev–Trinajstić information content (AvgIpc) is 3.34. The van der Waals surface area contributed by atoms with Gasteiger partial charge in [0.25, 0.3) is 0 Å². The number of nitrogens with zero attached hydrogens (tertiary/aromatic N) is 4. The van der Waals surface area contributed by atoms with Crippen LogP contribution in [0.3, 0.4) is 0 Å². The van der Waals surface area contributed by atoms with Gasteiger partial charge < -0.3 is 9.64 Å². The first-order valence-corrected chi connectivity index (χ1v) is 9.10. The van der Waals surface area contributed by atoms with Gasteiger partial charge in [-0.15, -0.1) is 5.10 Å². The Bertz CT molecular complexity index is 656. The molecule has 0 unspecified atom stereocenters. The summed E-state index contributed by atoms with van der Waals surface area (Å²) >= 11 is 0. The second kappa shape index (κ2) is 6.99. The summed E-state index contributed by atoms with van der Waals surface area (Å²) in [5.74, 6) is 0.978. The summed E-state index contributed by atoms with van der Waals surface area (Å²) < 4.78 is 7.76. The van der Waals surface area contributed by atoms with Gasteiger partial charge in [-0.05, 0) is 30.2 Å². The smallest absolute Gasteiger partial charge is 0.214 e. The molecule has 6 heteroatoms. The first kappa shape index (κ1) is 15.7. The minimum atomic E-state index is 0.213. The molecule has 1 N–H and O–H groups in total. The third kappa shape index (κ3) is 3.21. The van der Waals surface area contributed by atoms with Crippen LogP contribution in [0.15, 0.2) is 24.3 Å². The minimum Gasteiger partial charge on any atom is -0.376 e. The average molecular weight is 328 g/mol. The lowest BCUT2D eigenvalue weighted by molar-refractivity contribution is -0.914. The SMILES string of the molecule is Cc1ccc([C@H](c2nnnn2C[C@H]2CCCO2)[NH+]2CCCC2)cc1. The highest BCUT2D eigenvalue weighted by Gasteiger charge is 2.34. The summed E-state index contributed by atoms with van der Waals surface area (Å²) in [4.78, 5) is 1.57. The molecule has 1 aromatic heterocycles. The lowest BCUT2D eigenvalue weighted by Gasteiger charge is -2.24. The van der Waals surface area contributed by atoms with Gasteiger partial charge in [0, 0.05) is 25.0 Å². The van der Waals surface area contributed by atoms with Crippen LogP contribution in [0, 0.1) is 6.92 Å². The molecular formula is C18H26N5O+. The summed E-state index contributed by atoms with van der Waals surface area (Å²) in [5, 5.41) is 12.7. The van der Waals surface area contributed by atoms with Gasteiger partial charge in [-0.2, -0.15) is 0 Å². The van der Waals surface area contributed by atoms with Crippen LogP contribution in [-0.4, -0.2) is 46.0 Å². The molecule has 0 aliphatic carbocycles. The molecule has 2 saturated heterocycles. The van der Waals surface area contributed by atoms with Crippen molar-refractivity contribution in [3.05, 3.63) is 41.2 Å². The summed E-state index contributed by atoms with van der Waals surface area (Å²) in [7, 11) is 0. The third-order valence-corrected chi connectivity index (χ3v) is 5.28. The van der Waals surface area contributed by atoms with E-state index in [4.69, 9.17) is 4.74 Å². The Morgan fingerprint density at radius 1 is 1.21 bits per heavy atom. The van der Waals surface area contributed by atoms with Gasteiger partial charge in [-0.25, -0.2) is 4.68 Å². The fourth-order valence-corrected chi connectivity index (χ4v) is 3.97. The molecule has 1 aromatic carbocycles. The minimum absolute atomic E-state index is 0.213. The van der Waals surface area contributed by atoms with E-state index in [1.807, 2.05) is 4.68 Å². The van der Waals surface area contributed by atoms with Crippen LogP contribution >= 0.6 is 0 Å². The number of quaternary nitrogens is 1. The highest BCUT2D eigenvalue weighted by Crippen LogP contribution is 2.21. The summed E-state index contributed by atoms with van der Waals surface area (Å²) in [6, 6.07) is 9.05. The first-order valence-electron chi connectivity index (χ1n) is 9.10. The van der Waals surface area contributed by atoms with E-state index in [1.54, 1.807) is 4.90 Å². The number of aryl methyl sites for hydroxylation is 1. The summed E-state index contributed by atoms with van der Waals surface area (Å²) in [5.41, 5.74) is 2.59. The Morgan fingerprint density at radius 3 is 2.71 bits per heavy atom. The number of nitrogens with one attached hydrogen (secondary N) is 1. The van der Waals surface area contributed by atoms with Crippen molar-refractivity contribution in [3.8, 4) is 0 Å². The molecule has 2 atom stereocenters. The van der Waals surface area contributed by atoms with Crippen molar-refractivity contribution in [3.63, 3.8) is 0 Å². The molecular weight excluding hydrogens is 302 g/mol. The van der Waals surface area contributed by atoms with Crippen molar-refractivity contribution < 1.29 is 9.64 Å². The highest BCUT2D eigenvalue weighted by atomic mass is 16.5. The maximum absolute atomic E-state index is 5.78. The fourth-order valence-electron chi connectivity index (χ4n) is 3.97. The Morgan fingerprint density at radius 2 is 2.00 bits per heavy atom. The van der Waals surface area contributed by atoms with Crippen molar-refractivity contribution in [1.29, 1.82) is 0 Å². The number of aromatic nitrogens is 4. The van der Waals surface area contributed by atoms with E-state index in [9.17, 15) is 0 Å². The van der Waals surface area contributed by atoms with E-state index in [-0.39, 0.29) is 12.1 Å². The summed E-state index contributed by atoms with van der Waals surface area (Å²) in [6.45, 7) is 6.12. The van der Waals surface area contributed by atoms with Crippen LogP contribution in [0.2, 0.25) is 0 Å². The van der Waals surface area contributed by atoms with E-state index in [1.165, 1.54) is 37.1 Å². The van der Waals surface area contributed by atoms with Crippen LogP contribution < -0.4 is 4.90 Å². The number of hydrogen-bond acceptors (Lipinski definition) is 4. The van der Waals surface area contributed by atoms with Crippen LogP contribution in [0.1, 0.15) is 48.7 Å². The van der Waals surface area contributed by atoms with Gasteiger partial charge in [0.05, 0.1) is 25.7 Å². The van der Waals surface area contributed by atoms with Crippen LogP contribution in [-0.2, 0) is 11.3 Å². The number of ether oxygens (including phenoxy) is 1. The molecule has 2 aliphatic rings. The topological polar surface area (TPSA) is 57.3 Å². The van der Waals surface area contributed by atoms with Crippen molar-refractivity contribution in [2.24, 2.45) is 0 Å². The lowest BCUT2D eigenvalue weighted by atomic mass is 10.0. The molecule has 4 rings (SSSR count). The van der Waals surface area contributed by atoms with Gasteiger partial charge in [-0.1, -0.05) is 29.8 Å². The molecule has 0 spiro atoms. The van der Waals surface area contributed by atoms with Gasteiger partial charge in [0.15, 0.2) is 6.04 Å². The molecule has 128 valence electrons. The zero-order valence-electron chi connectivity index (χ0n) is 14.3. The van der Waals surface area contributed by atoms with E-state index in [2.05, 4.69) is 46.7 Å². The Kier molecular flexibility index (Phi) is 4.58. The lowest BCUT2D eigenvalue weighted by Crippen LogP contribution is -3.10. The zero-order valence-corrected chi connectivity index (χ0v) is 14.3. The normalized spacial score (nSPS) is 23.0. The molecule has 3 heterocycles. The largest absolute Gasteiger partial charge is 0.376 e. The molecule has 0 amide bonds. The molecule has 2 aromatic rings. The monoisotopic (exact) mass is 328 g/mol. The standard InChI is InChI=1S/C18H25N5O/c1-14-6-8-15(9-7-14)17(22-10-2-3-11-22)18-19-20-21-23(18)13-16-5-4-12-24-16/h6-9,16-17H,2-5,10-13H2,1H3/p+1/t16-,17-/m1/s1. The van der Waals surface area contributed by atoms with Crippen LogP contribution in [0.25, 0.3) is 0 Å². The van der Waals surface area contributed by atoms with Crippen molar-refractivity contribution in [2.75, 3.05) is 19.7 Å². The Labute approximate surface area is 142 Å². The molecule has 0 saturated carbocycles. The number of rotatable bonds is 5. The zero-order chi connectivity index (χ0) is 16.4. The number of tetrazole rings is 1. The number of benzene rings is 1. The fraction of sp³-hybridized carbons (Fsp3) is 0.611. The van der Waals surface area contributed by atoms with E-state index >= 15 is 0 Å². The second-order valence-corrected chi connectivity index (χ2v) is 7.06. The van der Waals surface area contributed by atoms with Gasteiger partial charge >= 0.3 is 0 Å². The predicted molar refractivity (Wildman–Crippen MR) is 89.7 cm³/mol.